The van der Waals surface area contributed by atoms with E-state index in [1.54, 1.807) is 6.07 Å². The van der Waals surface area contributed by atoms with Crippen molar-refractivity contribution in [3.05, 3.63) is 29.8 Å². The largest absolute Gasteiger partial charge is 0.416 e. The van der Waals surface area contributed by atoms with Crippen LogP contribution in [0, 0.1) is 0 Å². The first-order chi connectivity index (χ1) is 12.6. The summed E-state index contributed by atoms with van der Waals surface area (Å²) >= 11 is 0. The molecule has 1 N–H and O–H groups in total. The molecule has 0 bridgehead atoms. The summed E-state index contributed by atoms with van der Waals surface area (Å²) in [5.41, 5.74) is -0.110. The van der Waals surface area contributed by atoms with Gasteiger partial charge in [-0.2, -0.15) is 13.2 Å². The van der Waals surface area contributed by atoms with Crippen molar-refractivity contribution in [3.63, 3.8) is 0 Å². The number of aliphatic imine (C=N–C) groups is 1. The van der Waals surface area contributed by atoms with Crippen molar-refractivity contribution >= 4 is 21.5 Å². The Hall–Kier alpha value is -1.97. The summed E-state index contributed by atoms with van der Waals surface area (Å²) in [5.74, 6) is 0.608. The van der Waals surface area contributed by atoms with Crippen molar-refractivity contribution in [1.82, 2.24) is 10.2 Å². The summed E-state index contributed by atoms with van der Waals surface area (Å²) in [6, 6.07) is 5.33. The zero-order chi connectivity index (χ0) is 20.1. The van der Waals surface area contributed by atoms with Crippen LogP contribution < -0.4 is 10.2 Å². The first kappa shape index (κ1) is 21.3. The molecule has 0 amide bonds. The van der Waals surface area contributed by atoms with E-state index in [1.165, 1.54) is 18.4 Å². The molecule has 6 nitrogen and oxygen atoms in total. The van der Waals surface area contributed by atoms with Crippen LogP contribution in [0.25, 0.3) is 0 Å². The van der Waals surface area contributed by atoms with Gasteiger partial charge in [-0.05, 0) is 25.1 Å². The lowest BCUT2D eigenvalue weighted by Crippen LogP contribution is -2.52. The zero-order valence-electron chi connectivity index (χ0n) is 15.5. The number of hydrogen-bond donors (Lipinski definition) is 1. The van der Waals surface area contributed by atoms with E-state index in [9.17, 15) is 21.6 Å². The van der Waals surface area contributed by atoms with E-state index in [-0.39, 0.29) is 12.3 Å². The van der Waals surface area contributed by atoms with E-state index in [4.69, 9.17) is 0 Å². The Morgan fingerprint density at radius 2 is 1.89 bits per heavy atom. The number of guanidine groups is 1. The summed E-state index contributed by atoms with van der Waals surface area (Å²) < 4.78 is 61.2. The molecule has 1 aromatic rings. The molecule has 1 aromatic carbocycles. The van der Waals surface area contributed by atoms with Crippen LogP contribution in [-0.4, -0.2) is 70.6 Å². The Bertz CT molecular complexity index is 758. The van der Waals surface area contributed by atoms with Gasteiger partial charge in [-0.15, -0.1) is 0 Å². The van der Waals surface area contributed by atoms with E-state index in [1.807, 2.05) is 16.7 Å². The van der Waals surface area contributed by atoms with Gasteiger partial charge in [-0.1, -0.05) is 6.07 Å². The van der Waals surface area contributed by atoms with Crippen molar-refractivity contribution < 1.29 is 21.6 Å². The molecule has 2 rings (SSSR count). The molecular formula is C17H25F3N4O2S. The Balaban J connectivity index is 2.01. The Morgan fingerprint density at radius 1 is 1.22 bits per heavy atom. The maximum atomic E-state index is 12.9. The van der Waals surface area contributed by atoms with Gasteiger partial charge >= 0.3 is 6.18 Å². The lowest BCUT2D eigenvalue weighted by atomic mass is 10.1. The maximum Gasteiger partial charge on any atom is 0.416 e. The van der Waals surface area contributed by atoms with Crippen LogP contribution >= 0.6 is 0 Å². The highest BCUT2D eigenvalue weighted by atomic mass is 32.2. The van der Waals surface area contributed by atoms with E-state index in [0.717, 1.165) is 6.07 Å². The average molecular weight is 406 g/mol. The summed E-state index contributed by atoms with van der Waals surface area (Å²) in [7, 11) is -3.08. The highest BCUT2D eigenvalue weighted by molar-refractivity contribution is 7.90. The van der Waals surface area contributed by atoms with Gasteiger partial charge in [0.15, 0.2) is 5.96 Å². The number of hydrogen-bond acceptors (Lipinski definition) is 4. The summed E-state index contributed by atoms with van der Waals surface area (Å²) in [5, 5.41) is 3.14. The van der Waals surface area contributed by atoms with Gasteiger partial charge in [0.05, 0.1) is 17.9 Å². The highest BCUT2D eigenvalue weighted by Gasteiger charge is 2.31. The molecule has 1 heterocycles. The minimum Gasteiger partial charge on any atom is -0.368 e. The monoisotopic (exact) mass is 406 g/mol. The molecule has 1 saturated heterocycles. The average Bonchev–Trinajstić information content (AvgIpc) is 2.60. The lowest BCUT2D eigenvalue weighted by Gasteiger charge is -2.38. The molecule has 0 radical (unpaired) electrons. The van der Waals surface area contributed by atoms with Gasteiger partial charge in [0, 0.05) is 44.7 Å². The second-order valence-corrected chi connectivity index (χ2v) is 8.65. The lowest BCUT2D eigenvalue weighted by molar-refractivity contribution is -0.137. The van der Waals surface area contributed by atoms with Crippen molar-refractivity contribution in [1.29, 1.82) is 0 Å². The molecule has 0 saturated carbocycles. The van der Waals surface area contributed by atoms with Crippen molar-refractivity contribution in [2.45, 2.75) is 13.1 Å². The fraction of sp³-hybridized carbons (Fsp3) is 0.588. The van der Waals surface area contributed by atoms with Gasteiger partial charge < -0.3 is 15.1 Å². The molecule has 1 fully saturated rings. The van der Waals surface area contributed by atoms with E-state index in [2.05, 4.69) is 10.3 Å². The topological polar surface area (TPSA) is 65.0 Å². The molecule has 10 heteroatoms. The van der Waals surface area contributed by atoms with Crippen LogP contribution in [0.5, 0.6) is 0 Å². The standard InChI is InChI=1S/C17H25F3N4O2S/c1-3-21-16(22-7-12-27(2,25)26)24-10-8-23(9-11-24)15-6-4-5-14(13-15)17(18,19)20/h4-6,13H,3,7-12H2,1-2H3,(H,21,22). The van der Waals surface area contributed by atoms with Gasteiger partial charge in [0.25, 0.3) is 0 Å². The van der Waals surface area contributed by atoms with Crippen LogP contribution in [-0.2, 0) is 16.0 Å². The summed E-state index contributed by atoms with van der Waals surface area (Å²) in [4.78, 5) is 8.26. The molecule has 0 aromatic heterocycles. The fourth-order valence-electron chi connectivity index (χ4n) is 2.80. The van der Waals surface area contributed by atoms with Gasteiger partial charge in [-0.25, -0.2) is 8.42 Å². The van der Waals surface area contributed by atoms with E-state index >= 15 is 0 Å². The van der Waals surface area contributed by atoms with E-state index in [0.29, 0.717) is 44.4 Å². The second-order valence-electron chi connectivity index (χ2n) is 6.39. The zero-order valence-corrected chi connectivity index (χ0v) is 16.3. The number of benzene rings is 1. The third-order valence-corrected chi connectivity index (χ3v) is 5.10. The van der Waals surface area contributed by atoms with Crippen molar-refractivity contribution in [3.8, 4) is 0 Å². The first-order valence-electron chi connectivity index (χ1n) is 8.73. The Kier molecular flexibility index (Phi) is 6.96. The van der Waals surface area contributed by atoms with Crippen molar-refractivity contribution in [2.24, 2.45) is 4.99 Å². The number of rotatable bonds is 5. The molecule has 0 atom stereocenters. The minimum absolute atomic E-state index is 0.0217. The van der Waals surface area contributed by atoms with Crippen LogP contribution in [0.1, 0.15) is 12.5 Å². The van der Waals surface area contributed by atoms with Crippen LogP contribution in [0.3, 0.4) is 0 Å². The van der Waals surface area contributed by atoms with Crippen LogP contribution in [0.4, 0.5) is 18.9 Å². The predicted octanol–water partition coefficient (Wildman–Crippen LogP) is 1.84. The number of halogens is 3. The van der Waals surface area contributed by atoms with E-state index < -0.39 is 21.6 Å². The minimum atomic E-state index is -4.36. The molecule has 0 spiro atoms. The van der Waals surface area contributed by atoms with Crippen molar-refractivity contribution in [2.75, 3.05) is 56.2 Å². The summed E-state index contributed by atoms with van der Waals surface area (Å²) in [6.45, 7) is 5.02. The normalized spacial score (nSPS) is 16.6. The quantitative estimate of drug-likeness (QED) is 0.597. The highest BCUT2D eigenvalue weighted by Crippen LogP contribution is 2.31. The molecule has 27 heavy (non-hydrogen) atoms. The smallest absolute Gasteiger partial charge is 0.368 e. The molecule has 152 valence electrons. The number of nitrogens with zero attached hydrogens (tertiary/aromatic N) is 3. The fourth-order valence-corrected chi connectivity index (χ4v) is 3.22. The molecule has 0 aliphatic carbocycles. The summed E-state index contributed by atoms with van der Waals surface area (Å²) in [6.07, 6.45) is -3.19. The number of piperazine rings is 1. The molecule has 0 unspecified atom stereocenters. The number of anilines is 1. The van der Waals surface area contributed by atoms with Crippen LogP contribution in [0.2, 0.25) is 0 Å². The molecule has 1 aliphatic rings. The third-order valence-electron chi connectivity index (χ3n) is 4.18. The third kappa shape index (κ3) is 6.60. The van der Waals surface area contributed by atoms with Crippen LogP contribution in [0.15, 0.2) is 29.3 Å². The van der Waals surface area contributed by atoms with Gasteiger partial charge in [0.1, 0.15) is 9.84 Å². The first-order valence-corrected chi connectivity index (χ1v) is 10.8. The second kappa shape index (κ2) is 8.81. The Labute approximate surface area is 158 Å². The van der Waals surface area contributed by atoms with Gasteiger partial charge in [-0.3, -0.25) is 4.99 Å². The number of sulfone groups is 1. The SMILES string of the molecule is CCNC(=NCCS(C)(=O)=O)N1CCN(c2cccc(C(F)(F)F)c2)CC1. The van der Waals surface area contributed by atoms with Gasteiger partial charge in [0.2, 0.25) is 0 Å². The Morgan fingerprint density at radius 3 is 2.44 bits per heavy atom. The molecular weight excluding hydrogens is 381 g/mol. The number of alkyl halides is 3. The maximum absolute atomic E-state index is 12.9. The number of nitrogens with one attached hydrogen (secondary N) is 1. The molecule has 1 aliphatic heterocycles. The predicted molar refractivity (Wildman–Crippen MR) is 101 cm³/mol.